The summed E-state index contributed by atoms with van der Waals surface area (Å²) in [5.41, 5.74) is 1.26. The van der Waals surface area contributed by atoms with Gasteiger partial charge in [-0.3, -0.25) is 14.8 Å². The highest BCUT2D eigenvalue weighted by atomic mass is 127. The molecule has 1 aromatic carbocycles. The molecule has 8 heteroatoms. The van der Waals surface area contributed by atoms with E-state index < -0.39 is 0 Å². The molecule has 0 saturated carbocycles. The van der Waals surface area contributed by atoms with Gasteiger partial charge in [-0.25, -0.2) is 0 Å². The first kappa shape index (κ1) is 25.0. The Morgan fingerprint density at radius 3 is 2.57 bits per heavy atom. The summed E-state index contributed by atoms with van der Waals surface area (Å²) >= 11 is 0. The van der Waals surface area contributed by atoms with Crippen LogP contribution in [0.3, 0.4) is 0 Å². The molecule has 7 nitrogen and oxygen atoms in total. The van der Waals surface area contributed by atoms with Crippen molar-refractivity contribution in [1.82, 2.24) is 20.4 Å². The van der Waals surface area contributed by atoms with Gasteiger partial charge in [-0.2, -0.15) is 0 Å². The monoisotopic (exact) mass is 531 g/mol. The van der Waals surface area contributed by atoms with Gasteiger partial charge in [-0.05, 0) is 44.4 Å². The van der Waals surface area contributed by atoms with Crippen molar-refractivity contribution < 1.29 is 9.47 Å². The van der Waals surface area contributed by atoms with Gasteiger partial charge in [0, 0.05) is 51.9 Å². The fourth-order valence-electron chi connectivity index (χ4n) is 4.08. The van der Waals surface area contributed by atoms with E-state index in [1.165, 1.54) is 31.7 Å². The predicted molar refractivity (Wildman–Crippen MR) is 134 cm³/mol. The molecule has 3 heterocycles. The number of nitrogens with one attached hydrogen (secondary N) is 2. The largest absolute Gasteiger partial charge is 0.493 e. The molecule has 3 fully saturated rings. The smallest absolute Gasteiger partial charge is 0.191 e. The molecule has 3 saturated heterocycles. The van der Waals surface area contributed by atoms with Crippen LogP contribution in [0.4, 0.5) is 0 Å². The number of halogens is 1. The zero-order valence-electron chi connectivity index (χ0n) is 18.7. The van der Waals surface area contributed by atoms with Crippen molar-refractivity contribution in [2.45, 2.75) is 32.7 Å². The van der Waals surface area contributed by atoms with Gasteiger partial charge in [0.05, 0.1) is 20.3 Å². The molecule has 0 amide bonds. The molecule has 1 atom stereocenters. The summed E-state index contributed by atoms with van der Waals surface area (Å²) in [4.78, 5) is 10.0. The van der Waals surface area contributed by atoms with Crippen LogP contribution >= 0.6 is 24.0 Å². The van der Waals surface area contributed by atoms with Crippen LogP contribution in [-0.4, -0.2) is 87.9 Å². The summed E-state index contributed by atoms with van der Waals surface area (Å²) < 4.78 is 11.0. The van der Waals surface area contributed by atoms with Crippen molar-refractivity contribution in [3.8, 4) is 11.5 Å². The van der Waals surface area contributed by atoms with Crippen molar-refractivity contribution in [2.24, 2.45) is 4.99 Å². The summed E-state index contributed by atoms with van der Waals surface area (Å²) in [6.07, 6.45) is 2.02. The SMILES string of the molecule is CCNC(=NCC1CN2CCN1CC2)NCCCc1ccc(OC)c(OCC)c1.I. The zero-order valence-corrected chi connectivity index (χ0v) is 21.0. The number of aliphatic imine (C=N–C) groups is 1. The average Bonchev–Trinajstić information content (AvgIpc) is 2.76. The fourth-order valence-corrected chi connectivity index (χ4v) is 4.08. The molecule has 2 N–H and O–H groups in total. The number of fused-ring (bicyclic) bond motifs is 3. The number of nitrogens with zero attached hydrogens (tertiary/aromatic N) is 3. The number of rotatable bonds is 10. The second-order valence-corrected chi connectivity index (χ2v) is 7.66. The molecular formula is C22H38IN5O2. The minimum atomic E-state index is 0. The Labute approximate surface area is 198 Å². The average molecular weight is 531 g/mol. The normalized spacial score (nSPS) is 22.9. The Morgan fingerprint density at radius 2 is 1.93 bits per heavy atom. The first-order valence-corrected chi connectivity index (χ1v) is 11.0. The van der Waals surface area contributed by atoms with Crippen molar-refractivity contribution in [3.63, 3.8) is 0 Å². The number of methoxy groups -OCH3 is 1. The van der Waals surface area contributed by atoms with Crippen LogP contribution in [0.25, 0.3) is 0 Å². The Balaban J connectivity index is 0.00000320. The van der Waals surface area contributed by atoms with E-state index in [0.29, 0.717) is 12.6 Å². The Bertz CT molecular complexity index is 665. The molecule has 1 aromatic rings. The van der Waals surface area contributed by atoms with Crippen molar-refractivity contribution in [3.05, 3.63) is 23.8 Å². The van der Waals surface area contributed by atoms with Crippen LogP contribution < -0.4 is 20.1 Å². The van der Waals surface area contributed by atoms with Gasteiger partial charge in [0.25, 0.3) is 0 Å². The summed E-state index contributed by atoms with van der Waals surface area (Å²) in [5.74, 6) is 2.54. The van der Waals surface area contributed by atoms with E-state index in [-0.39, 0.29) is 24.0 Å². The topological polar surface area (TPSA) is 61.4 Å². The van der Waals surface area contributed by atoms with Crippen LogP contribution in [0.15, 0.2) is 23.2 Å². The molecule has 0 spiro atoms. The lowest BCUT2D eigenvalue weighted by atomic mass is 10.1. The van der Waals surface area contributed by atoms with Crippen LogP contribution in [0, 0.1) is 0 Å². The van der Waals surface area contributed by atoms with E-state index in [1.54, 1.807) is 7.11 Å². The van der Waals surface area contributed by atoms with E-state index >= 15 is 0 Å². The highest BCUT2D eigenvalue weighted by molar-refractivity contribution is 14.0. The van der Waals surface area contributed by atoms with Gasteiger partial charge in [-0.15, -0.1) is 24.0 Å². The molecule has 2 bridgehead atoms. The highest BCUT2D eigenvalue weighted by Crippen LogP contribution is 2.28. The van der Waals surface area contributed by atoms with Gasteiger partial charge in [-0.1, -0.05) is 6.07 Å². The third kappa shape index (κ3) is 7.16. The lowest BCUT2D eigenvalue weighted by Crippen LogP contribution is -2.62. The molecule has 170 valence electrons. The number of piperazine rings is 3. The van der Waals surface area contributed by atoms with Gasteiger partial charge < -0.3 is 20.1 Å². The Hall–Kier alpha value is -1.26. The number of ether oxygens (including phenoxy) is 2. The minimum Gasteiger partial charge on any atom is -0.493 e. The van der Waals surface area contributed by atoms with Gasteiger partial charge in [0.15, 0.2) is 17.5 Å². The standard InChI is InChI=1S/C22H37N5O2.HI/c1-4-23-22(25-16-19-17-26-11-13-27(19)14-12-26)24-10-6-7-18-8-9-20(28-3)21(15-18)29-5-2;/h8-9,15,19H,4-7,10-14,16-17H2,1-3H3,(H2,23,24,25);1H. The summed E-state index contributed by atoms with van der Waals surface area (Å²) in [5, 5.41) is 6.86. The molecule has 0 radical (unpaired) electrons. The molecule has 1 unspecified atom stereocenters. The summed E-state index contributed by atoms with van der Waals surface area (Å²) in [6, 6.07) is 6.75. The minimum absolute atomic E-state index is 0. The maximum Gasteiger partial charge on any atom is 0.191 e. The molecule has 3 aliphatic heterocycles. The zero-order chi connectivity index (χ0) is 20.5. The number of guanidine groups is 1. The molecular weight excluding hydrogens is 493 g/mol. The molecule has 30 heavy (non-hydrogen) atoms. The number of benzene rings is 1. The quantitative estimate of drug-likeness (QED) is 0.209. The van der Waals surface area contributed by atoms with E-state index in [0.717, 1.165) is 56.5 Å². The van der Waals surface area contributed by atoms with E-state index in [4.69, 9.17) is 14.5 Å². The summed E-state index contributed by atoms with van der Waals surface area (Å²) in [7, 11) is 1.68. The maximum absolute atomic E-state index is 5.68. The van der Waals surface area contributed by atoms with Crippen molar-refractivity contribution in [2.75, 3.05) is 66.1 Å². The second kappa shape index (κ2) is 13.2. The maximum atomic E-state index is 5.68. The van der Waals surface area contributed by atoms with Crippen LogP contribution in [-0.2, 0) is 6.42 Å². The van der Waals surface area contributed by atoms with E-state index in [9.17, 15) is 0 Å². The number of hydrogen-bond acceptors (Lipinski definition) is 5. The van der Waals surface area contributed by atoms with Gasteiger partial charge >= 0.3 is 0 Å². The number of aryl methyl sites for hydroxylation is 1. The third-order valence-corrected chi connectivity index (χ3v) is 5.66. The Kier molecular flexibility index (Phi) is 11.0. The summed E-state index contributed by atoms with van der Waals surface area (Å²) in [6.45, 7) is 13.3. The van der Waals surface area contributed by atoms with Crippen LogP contribution in [0.5, 0.6) is 11.5 Å². The van der Waals surface area contributed by atoms with Crippen molar-refractivity contribution >= 4 is 29.9 Å². The van der Waals surface area contributed by atoms with E-state index in [2.05, 4.69) is 39.5 Å². The first-order valence-electron chi connectivity index (χ1n) is 11.0. The van der Waals surface area contributed by atoms with Crippen molar-refractivity contribution in [1.29, 1.82) is 0 Å². The molecule has 3 aliphatic rings. The Morgan fingerprint density at radius 1 is 1.13 bits per heavy atom. The number of hydrogen-bond donors (Lipinski definition) is 2. The first-order chi connectivity index (χ1) is 14.2. The highest BCUT2D eigenvalue weighted by Gasteiger charge is 2.31. The van der Waals surface area contributed by atoms with Gasteiger partial charge in [0.2, 0.25) is 0 Å². The lowest BCUT2D eigenvalue weighted by molar-refractivity contribution is 0.0174. The fraction of sp³-hybridized carbons (Fsp3) is 0.682. The van der Waals surface area contributed by atoms with Crippen LogP contribution in [0.2, 0.25) is 0 Å². The lowest BCUT2D eigenvalue weighted by Gasteiger charge is -2.47. The predicted octanol–water partition coefficient (Wildman–Crippen LogP) is 2.20. The molecule has 0 aromatic heterocycles. The van der Waals surface area contributed by atoms with Crippen LogP contribution in [0.1, 0.15) is 25.8 Å². The van der Waals surface area contributed by atoms with E-state index in [1.807, 2.05) is 13.0 Å². The van der Waals surface area contributed by atoms with Gasteiger partial charge in [0.1, 0.15) is 0 Å². The third-order valence-electron chi connectivity index (χ3n) is 5.66. The molecule has 0 aliphatic carbocycles. The molecule has 4 rings (SSSR count). The second-order valence-electron chi connectivity index (χ2n) is 7.66.